The maximum absolute atomic E-state index is 13.4. The standard InChI is InChI=1S/C23H29N5O3S/c1-14-8-10-15(11-9-14)20(30)25-22-24-19-18(32-22)17(26-28(19)23(2,3)4)21(31)27-12-6-5-7-16(27)13-29/h8-11,16,29H,5-7,12-13H2,1-4H3,(H,24,25,30)/t16-/m0/s1. The summed E-state index contributed by atoms with van der Waals surface area (Å²) in [6.45, 7) is 8.49. The van der Waals surface area contributed by atoms with Crippen LogP contribution in [0.1, 0.15) is 66.4 Å². The minimum atomic E-state index is -0.401. The second-order valence-corrected chi connectivity index (χ2v) is 10.3. The molecule has 0 saturated carbocycles. The minimum Gasteiger partial charge on any atom is -0.394 e. The Morgan fingerprint density at radius 1 is 1.22 bits per heavy atom. The fraction of sp³-hybridized carbons (Fsp3) is 0.478. The van der Waals surface area contributed by atoms with Crippen molar-refractivity contribution in [1.29, 1.82) is 0 Å². The summed E-state index contributed by atoms with van der Waals surface area (Å²) in [4.78, 5) is 32.5. The van der Waals surface area contributed by atoms with Gasteiger partial charge in [-0.2, -0.15) is 10.1 Å². The van der Waals surface area contributed by atoms with Crippen LogP contribution in [0.25, 0.3) is 10.3 Å². The van der Waals surface area contributed by atoms with Crippen LogP contribution in [0.4, 0.5) is 5.13 Å². The van der Waals surface area contributed by atoms with Gasteiger partial charge in [-0.05, 0) is 59.1 Å². The van der Waals surface area contributed by atoms with E-state index in [0.29, 0.717) is 33.3 Å². The van der Waals surface area contributed by atoms with Crippen molar-refractivity contribution >= 4 is 38.6 Å². The van der Waals surface area contributed by atoms with Gasteiger partial charge in [-0.25, -0.2) is 4.68 Å². The third kappa shape index (κ3) is 4.27. The van der Waals surface area contributed by atoms with Crippen LogP contribution in [0.5, 0.6) is 0 Å². The molecule has 0 unspecified atom stereocenters. The van der Waals surface area contributed by atoms with Gasteiger partial charge < -0.3 is 10.0 Å². The van der Waals surface area contributed by atoms with Crippen molar-refractivity contribution in [2.75, 3.05) is 18.5 Å². The zero-order valence-corrected chi connectivity index (χ0v) is 19.7. The average Bonchev–Trinajstić information content (AvgIpc) is 3.31. The first-order valence-electron chi connectivity index (χ1n) is 10.9. The number of anilines is 1. The highest BCUT2D eigenvalue weighted by Crippen LogP contribution is 2.34. The maximum atomic E-state index is 13.4. The molecule has 1 aliphatic heterocycles. The van der Waals surface area contributed by atoms with Crippen molar-refractivity contribution in [3.8, 4) is 0 Å². The van der Waals surface area contributed by atoms with Gasteiger partial charge in [0, 0.05) is 12.1 Å². The van der Waals surface area contributed by atoms with Crippen LogP contribution < -0.4 is 5.32 Å². The molecule has 1 saturated heterocycles. The summed E-state index contributed by atoms with van der Waals surface area (Å²) < 4.78 is 2.39. The number of rotatable bonds is 4. The number of hydrogen-bond donors (Lipinski definition) is 2. The van der Waals surface area contributed by atoms with Gasteiger partial charge in [0.25, 0.3) is 11.8 Å². The number of benzene rings is 1. The number of nitrogens with one attached hydrogen (secondary N) is 1. The number of aliphatic hydroxyl groups excluding tert-OH is 1. The number of amides is 2. The van der Waals surface area contributed by atoms with Gasteiger partial charge in [0.15, 0.2) is 16.5 Å². The highest BCUT2D eigenvalue weighted by atomic mass is 32.1. The van der Waals surface area contributed by atoms with Gasteiger partial charge in [-0.15, -0.1) is 0 Å². The highest BCUT2D eigenvalue weighted by Gasteiger charge is 2.33. The smallest absolute Gasteiger partial charge is 0.276 e. The number of thiazole rings is 1. The average molecular weight is 456 g/mol. The Hall–Kier alpha value is -2.78. The number of likely N-dealkylation sites (tertiary alicyclic amines) is 1. The number of fused-ring (bicyclic) bond motifs is 1. The Balaban J connectivity index is 1.70. The Kier molecular flexibility index (Phi) is 6.05. The third-order valence-electron chi connectivity index (χ3n) is 5.70. The molecule has 2 aromatic heterocycles. The maximum Gasteiger partial charge on any atom is 0.276 e. The van der Waals surface area contributed by atoms with E-state index in [0.717, 1.165) is 24.8 Å². The van der Waals surface area contributed by atoms with Crippen molar-refractivity contribution < 1.29 is 14.7 Å². The number of hydrogen-bond acceptors (Lipinski definition) is 6. The lowest BCUT2D eigenvalue weighted by molar-refractivity contribution is 0.0497. The highest BCUT2D eigenvalue weighted by molar-refractivity contribution is 7.22. The van der Waals surface area contributed by atoms with Crippen LogP contribution in [0.15, 0.2) is 24.3 Å². The molecule has 1 aliphatic rings. The lowest BCUT2D eigenvalue weighted by Crippen LogP contribution is -2.45. The number of aryl methyl sites for hydroxylation is 1. The third-order valence-corrected chi connectivity index (χ3v) is 6.66. The molecule has 1 atom stereocenters. The molecule has 0 aliphatic carbocycles. The number of carbonyl (C=O) groups is 2. The zero-order valence-electron chi connectivity index (χ0n) is 18.9. The van der Waals surface area contributed by atoms with Gasteiger partial charge in [0.05, 0.1) is 18.2 Å². The first-order chi connectivity index (χ1) is 15.2. The Morgan fingerprint density at radius 3 is 2.59 bits per heavy atom. The van der Waals surface area contributed by atoms with Crippen molar-refractivity contribution in [3.05, 3.63) is 41.1 Å². The Morgan fingerprint density at radius 2 is 1.94 bits per heavy atom. The molecule has 2 N–H and O–H groups in total. The summed E-state index contributed by atoms with van der Waals surface area (Å²) in [6.07, 6.45) is 2.69. The van der Waals surface area contributed by atoms with Crippen LogP contribution in [0, 0.1) is 6.92 Å². The number of piperidine rings is 1. The molecule has 1 fully saturated rings. The molecule has 0 bridgehead atoms. The molecule has 0 spiro atoms. The quantitative estimate of drug-likeness (QED) is 0.623. The molecule has 4 rings (SSSR count). The van der Waals surface area contributed by atoms with Gasteiger partial charge in [0.2, 0.25) is 0 Å². The predicted octanol–water partition coefficient (Wildman–Crippen LogP) is 3.80. The predicted molar refractivity (Wildman–Crippen MR) is 125 cm³/mol. The Labute approximate surface area is 191 Å². The molecule has 9 heteroatoms. The van der Waals surface area contributed by atoms with E-state index < -0.39 is 5.54 Å². The molecule has 8 nitrogen and oxygen atoms in total. The summed E-state index contributed by atoms with van der Waals surface area (Å²) in [5, 5.41) is 17.7. The van der Waals surface area contributed by atoms with Crippen LogP contribution in [0.3, 0.4) is 0 Å². The summed E-state index contributed by atoms with van der Waals surface area (Å²) in [7, 11) is 0. The molecule has 3 heterocycles. The van der Waals surface area contributed by atoms with E-state index in [1.165, 1.54) is 11.3 Å². The fourth-order valence-corrected chi connectivity index (χ4v) is 4.85. The zero-order chi connectivity index (χ0) is 23.0. The SMILES string of the molecule is Cc1ccc(C(=O)Nc2nc3c(s2)c(C(=O)N2CCCC[C@H]2CO)nn3C(C)(C)C)cc1. The second kappa shape index (κ2) is 8.63. The van der Waals surface area contributed by atoms with Gasteiger partial charge in [0.1, 0.15) is 4.70 Å². The van der Waals surface area contributed by atoms with Crippen molar-refractivity contribution in [2.24, 2.45) is 0 Å². The van der Waals surface area contributed by atoms with E-state index in [2.05, 4.69) is 15.4 Å². The monoisotopic (exact) mass is 455 g/mol. The van der Waals surface area contributed by atoms with Crippen molar-refractivity contribution in [3.63, 3.8) is 0 Å². The molecule has 2 amide bonds. The van der Waals surface area contributed by atoms with Crippen LogP contribution in [-0.4, -0.2) is 55.8 Å². The molecule has 3 aromatic rings. The number of carbonyl (C=O) groups excluding carboxylic acids is 2. The minimum absolute atomic E-state index is 0.0601. The van der Waals surface area contributed by atoms with E-state index in [1.54, 1.807) is 21.7 Å². The first kappa shape index (κ1) is 22.4. The van der Waals surface area contributed by atoms with Crippen LogP contribution in [-0.2, 0) is 5.54 Å². The largest absolute Gasteiger partial charge is 0.394 e. The lowest BCUT2D eigenvalue weighted by Gasteiger charge is -2.34. The molecular formula is C23H29N5O3S. The summed E-state index contributed by atoms with van der Waals surface area (Å²) in [5.41, 5.74) is 2.12. The van der Waals surface area contributed by atoms with Gasteiger partial charge >= 0.3 is 0 Å². The molecule has 0 radical (unpaired) electrons. The van der Waals surface area contributed by atoms with E-state index in [4.69, 9.17) is 0 Å². The van der Waals surface area contributed by atoms with Crippen molar-refractivity contribution in [2.45, 2.75) is 58.5 Å². The molecule has 170 valence electrons. The van der Waals surface area contributed by atoms with Gasteiger partial charge in [-0.1, -0.05) is 29.0 Å². The number of nitrogens with zero attached hydrogens (tertiary/aromatic N) is 4. The second-order valence-electron chi connectivity index (χ2n) is 9.25. The van der Waals surface area contributed by atoms with Gasteiger partial charge in [-0.3, -0.25) is 14.9 Å². The van der Waals surface area contributed by atoms with Crippen LogP contribution >= 0.6 is 11.3 Å². The fourth-order valence-electron chi connectivity index (χ4n) is 3.93. The Bertz CT molecular complexity index is 1140. The van der Waals surface area contributed by atoms with Crippen LogP contribution in [0.2, 0.25) is 0 Å². The normalized spacial score (nSPS) is 17.0. The summed E-state index contributed by atoms with van der Waals surface area (Å²) in [5.74, 6) is -0.447. The number of aliphatic hydroxyl groups is 1. The molecular weight excluding hydrogens is 426 g/mol. The molecule has 1 aromatic carbocycles. The number of aromatic nitrogens is 3. The van der Waals surface area contributed by atoms with Crippen molar-refractivity contribution in [1.82, 2.24) is 19.7 Å². The summed E-state index contributed by atoms with van der Waals surface area (Å²) >= 11 is 1.25. The first-order valence-corrected chi connectivity index (χ1v) is 11.7. The lowest BCUT2D eigenvalue weighted by atomic mass is 10.0. The molecule has 32 heavy (non-hydrogen) atoms. The summed E-state index contributed by atoms with van der Waals surface area (Å²) in [6, 6.07) is 7.12. The van der Waals surface area contributed by atoms with E-state index in [9.17, 15) is 14.7 Å². The van der Waals surface area contributed by atoms with E-state index in [-0.39, 0.29) is 24.5 Å². The van der Waals surface area contributed by atoms with E-state index >= 15 is 0 Å². The van der Waals surface area contributed by atoms with E-state index in [1.807, 2.05) is 39.8 Å². The topological polar surface area (TPSA) is 100 Å².